The van der Waals surface area contributed by atoms with E-state index in [-0.39, 0.29) is 0 Å². The van der Waals surface area contributed by atoms with E-state index in [0.717, 1.165) is 5.03 Å². The molecule has 1 fully saturated rings. The molecule has 1 saturated carbocycles. The van der Waals surface area contributed by atoms with Gasteiger partial charge in [0.05, 0.1) is 0 Å². The van der Waals surface area contributed by atoms with Gasteiger partial charge in [0.2, 0.25) is 0 Å². The highest BCUT2D eigenvalue weighted by Crippen LogP contribution is 2.30. The van der Waals surface area contributed by atoms with E-state index in [1.165, 1.54) is 32.1 Å². The molecule has 52 valence electrons. The van der Waals surface area contributed by atoms with Crippen LogP contribution in [0.25, 0.3) is 0 Å². The van der Waals surface area contributed by atoms with Gasteiger partial charge in [0, 0.05) is 5.03 Å². The topological polar surface area (TPSA) is 0 Å². The van der Waals surface area contributed by atoms with Crippen molar-refractivity contribution in [3.8, 4) is 0 Å². The average molecular weight is 145 g/mol. The first-order valence-electron chi connectivity index (χ1n) is 3.65. The zero-order chi connectivity index (χ0) is 6.69. The molecule has 1 aliphatic rings. The lowest BCUT2D eigenvalue weighted by Crippen LogP contribution is -2.04. The predicted octanol–water partition coefficient (Wildman–Crippen LogP) is 3.32. The van der Waals surface area contributed by atoms with Crippen LogP contribution in [0.2, 0.25) is 0 Å². The van der Waals surface area contributed by atoms with Crippen molar-refractivity contribution in [2.24, 2.45) is 5.92 Å². The third-order valence-electron chi connectivity index (χ3n) is 2.05. The second kappa shape index (κ2) is 3.26. The van der Waals surface area contributed by atoms with Gasteiger partial charge in [-0.15, -0.1) is 0 Å². The zero-order valence-corrected chi connectivity index (χ0v) is 6.45. The van der Waals surface area contributed by atoms with Gasteiger partial charge in [-0.1, -0.05) is 37.4 Å². The van der Waals surface area contributed by atoms with E-state index >= 15 is 0 Å². The summed E-state index contributed by atoms with van der Waals surface area (Å²) in [7, 11) is 0. The average Bonchev–Trinajstić information content (AvgIpc) is 1.90. The standard InChI is InChI=1S/C8H13Cl/c1-7(9)8-5-3-2-4-6-8/h8H,1-6H2. The molecule has 0 unspecified atom stereocenters. The second-order valence-electron chi connectivity index (χ2n) is 2.78. The smallest absolute Gasteiger partial charge is 0.0140 e. The van der Waals surface area contributed by atoms with Crippen LogP contribution in [0.5, 0.6) is 0 Å². The predicted molar refractivity (Wildman–Crippen MR) is 41.6 cm³/mol. The van der Waals surface area contributed by atoms with Crippen molar-refractivity contribution >= 4 is 11.6 Å². The Morgan fingerprint density at radius 2 is 1.78 bits per heavy atom. The molecule has 0 atom stereocenters. The largest absolute Gasteiger partial charge is 0.0895 e. The highest BCUT2D eigenvalue weighted by molar-refractivity contribution is 6.29. The third-order valence-corrected chi connectivity index (χ3v) is 2.36. The highest BCUT2D eigenvalue weighted by Gasteiger charge is 2.14. The molecule has 0 bridgehead atoms. The Kier molecular flexibility index (Phi) is 2.59. The van der Waals surface area contributed by atoms with Crippen molar-refractivity contribution in [2.45, 2.75) is 32.1 Å². The first kappa shape index (κ1) is 7.14. The molecule has 0 amide bonds. The fraction of sp³-hybridized carbons (Fsp3) is 0.750. The first-order chi connectivity index (χ1) is 4.30. The normalized spacial score (nSPS) is 21.9. The molecule has 1 rings (SSSR count). The Morgan fingerprint density at radius 3 is 2.11 bits per heavy atom. The van der Waals surface area contributed by atoms with E-state index in [1.54, 1.807) is 0 Å². The summed E-state index contributed by atoms with van der Waals surface area (Å²) in [6.45, 7) is 3.74. The van der Waals surface area contributed by atoms with Crippen molar-refractivity contribution in [2.75, 3.05) is 0 Å². The van der Waals surface area contributed by atoms with Gasteiger partial charge < -0.3 is 0 Å². The minimum atomic E-state index is 0.625. The number of allylic oxidation sites excluding steroid dienone is 1. The van der Waals surface area contributed by atoms with Crippen LogP contribution in [0, 0.1) is 5.92 Å². The molecule has 0 saturated heterocycles. The molecule has 0 radical (unpaired) electrons. The Morgan fingerprint density at radius 1 is 1.22 bits per heavy atom. The summed E-state index contributed by atoms with van der Waals surface area (Å²) in [6.07, 6.45) is 6.61. The molecule has 1 heteroatoms. The molecule has 0 aromatic carbocycles. The van der Waals surface area contributed by atoms with Crippen LogP contribution in [0.4, 0.5) is 0 Å². The summed E-state index contributed by atoms with van der Waals surface area (Å²) < 4.78 is 0. The van der Waals surface area contributed by atoms with Gasteiger partial charge in [-0.05, 0) is 18.8 Å². The summed E-state index contributed by atoms with van der Waals surface area (Å²) in [5, 5.41) is 0.870. The molecule has 1 aliphatic carbocycles. The Labute approximate surface area is 61.9 Å². The summed E-state index contributed by atoms with van der Waals surface area (Å²) in [6, 6.07) is 0. The molecule has 0 spiro atoms. The van der Waals surface area contributed by atoms with Crippen molar-refractivity contribution in [1.29, 1.82) is 0 Å². The molecule has 0 aromatic rings. The molecule has 0 heterocycles. The molecule has 9 heavy (non-hydrogen) atoms. The minimum Gasteiger partial charge on any atom is -0.0895 e. The molecule has 0 nitrogen and oxygen atoms in total. The summed E-state index contributed by atoms with van der Waals surface area (Å²) in [5.41, 5.74) is 0. The quantitative estimate of drug-likeness (QED) is 0.530. The van der Waals surface area contributed by atoms with Crippen LogP contribution in [-0.2, 0) is 0 Å². The van der Waals surface area contributed by atoms with Crippen LogP contribution in [0.1, 0.15) is 32.1 Å². The van der Waals surface area contributed by atoms with E-state index in [4.69, 9.17) is 11.6 Å². The number of hydrogen-bond donors (Lipinski definition) is 0. The summed E-state index contributed by atoms with van der Waals surface area (Å²) in [5.74, 6) is 0.625. The van der Waals surface area contributed by atoms with Crippen molar-refractivity contribution in [3.63, 3.8) is 0 Å². The SMILES string of the molecule is C=C(Cl)C1CCCCC1. The molecular weight excluding hydrogens is 132 g/mol. The minimum absolute atomic E-state index is 0.625. The molecule has 0 N–H and O–H groups in total. The maximum absolute atomic E-state index is 5.76. The maximum Gasteiger partial charge on any atom is 0.0140 e. The number of hydrogen-bond acceptors (Lipinski definition) is 0. The van der Waals surface area contributed by atoms with E-state index in [2.05, 4.69) is 6.58 Å². The van der Waals surface area contributed by atoms with E-state index in [0.29, 0.717) is 5.92 Å². The lowest BCUT2D eigenvalue weighted by molar-refractivity contribution is 0.414. The lowest BCUT2D eigenvalue weighted by atomic mass is 9.89. The van der Waals surface area contributed by atoms with Crippen LogP contribution >= 0.6 is 11.6 Å². The van der Waals surface area contributed by atoms with Crippen LogP contribution < -0.4 is 0 Å². The Balaban J connectivity index is 2.31. The molecule has 0 aliphatic heterocycles. The summed E-state index contributed by atoms with van der Waals surface area (Å²) in [4.78, 5) is 0. The van der Waals surface area contributed by atoms with E-state index < -0.39 is 0 Å². The fourth-order valence-electron chi connectivity index (χ4n) is 1.42. The van der Waals surface area contributed by atoms with Gasteiger partial charge in [0.25, 0.3) is 0 Å². The van der Waals surface area contributed by atoms with E-state index in [9.17, 15) is 0 Å². The van der Waals surface area contributed by atoms with Crippen molar-refractivity contribution < 1.29 is 0 Å². The Bertz CT molecular complexity index is 101. The summed E-state index contributed by atoms with van der Waals surface area (Å²) >= 11 is 5.76. The van der Waals surface area contributed by atoms with Crippen LogP contribution in [0.15, 0.2) is 11.6 Å². The van der Waals surface area contributed by atoms with Gasteiger partial charge in [0.15, 0.2) is 0 Å². The van der Waals surface area contributed by atoms with Gasteiger partial charge in [-0.25, -0.2) is 0 Å². The van der Waals surface area contributed by atoms with Crippen molar-refractivity contribution in [3.05, 3.63) is 11.6 Å². The van der Waals surface area contributed by atoms with Gasteiger partial charge in [-0.3, -0.25) is 0 Å². The lowest BCUT2D eigenvalue weighted by Gasteiger charge is -2.19. The third kappa shape index (κ3) is 2.02. The second-order valence-corrected chi connectivity index (χ2v) is 3.27. The fourth-order valence-corrected chi connectivity index (χ4v) is 1.63. The van der Waals surface area contributed by atoms with Crippen LogP contribution in [-0.4, -0.2) is 0 Å². The van der Waals surface area contributed by atoms with Gasteiger partial charge >= 0.3 is 0 Å². The van der Waals surface area contributed by atoms with E-state index in [1.807, 2.05) is 0 Å². The number of rotatable bonds is 1. The van der Waals surface area contributed by atoms with Gasteiger partial charge in [0.1, 0.15) is 0 Å². The van der Waals surface area contributed by atoms with Crippen molar-refractivity contribution in [1.82, 2.24) is 0 Å². The Hall–Kier alpha value is 0.0300. The maximum atomic E-state index is 5.76. The van der Waals surface area contributed by atoms with Gasteiger partial charge in [-0.2, -0.15) is 0 Å². The highest BCUT2D eigenvalue weighted by atomic mass is 35.5. The molecule has 0 aromatic heterocycles. The zero-order valence-electron chi connectivity index (χ0n) is 5.70. The monoisotopic (exact) mass is 144 g/mol. The first-order valence-corrected chi connectivity index (χ1v) is 4.03. The van der Waals surface area contributed by atoms with Crippen LogP contribution in [0.3, 0.4) is 0 Å². The molecular formula is C8H13Cl. The number of halogens is 1.